The average molecular weight is 368 g/mol. The number of anilines is 1. The second kappa shape index (κ2) is 8.13. The molecule has 1 N–H and O–H groups in total. The van der Waals surface area contributed by atoms with Crippen LogP contribution in [0, 0.1) is 0 Å². The summed E-state index contributed by atoms with van der Waals surface area (Å²) in [5.41, 5.74) is 1.88. The zero-order chi connectivity index (χ0) is 19.3. The van der Waals surface area contributed by atoms with Gasteiger partial charge in [0.15, 0.2) is 0 Å². The van der Waals surface area contributed by atoms with E-state index in [2.05, 4.69) is 61.6 Å². The Kier molecular flexibility index (Phi) is 5.24. The minimum Gasteiger partial charge on any atom is -0.462 e. The number of benzene rings is 4. The molecule has 0 spiro atoms. The second-order valence-corrected chi connectivity index (χ2v) is 6.90. The largest absolute Gasteiger partial charge is 0.462 e. The Hall–Kier alpha value is -3.33. The molecule has 0 heterocycles. The number of nitrogens with one attached hydrogen (secondary N) is 1. The third-order valence-corrected chi connectivity index (χ3v) is 4.91. The highest BCUT2D eigenvalue weighted by atomic mass is 16.5. The molecule has 0 fully saturated rings. The molecule has 0 aromatic heterocycles. The van der Waals surface area contributed by atoms with E-state index in [9.17, 15) is 0 Å². The summed E-state index contributed by atoms with van der Waals surface area (Å²) < 4.78 is 6.14. The highest BCUT2D eigenvalue weighted by molar-refractivity contribution is 6.03. The Morgan fingerprint density at radius 2 is 1.43 bits per heavy atom. The van der Waals surface area contributed by atoms with Crippen LogP contribution in [0.15, 0.2) is 89.9 Å². The van der Waals surface area contributed by atoms with Crippen molar-refractivity contribution in [2.45, 2.75) is 26.4 Å². The molecule has 0 saturated carbocycles. The fraction of sp³-hybridized carbons (Fsp3) is 0.160. The predicted octanol–water partition coefficient (Wildman–Crippen LogP) is 6.91. The van der Waals surface area contributed by atoms with Gasteiger partial charge >= 0.3 is 0 Å². The van der Waals surface area contributed by atoms with E-state index in [0.29, 0.717) is 6.02 Å². The zero-order valence-corrected chi connectivity index (χ0v) is 16.2. The Labute approximate surface area is 165 Å². The number of aliphatic imine (C=N–C) groups is 1. The summed E-state index contributed by atoms with van der Waals surface area (Å²) in [6.45, 7) is 4.17. The number of amidine groups is 1. The molecule has 0 aliphatic rings. The fourth-order valence-corrected chi connectivity index (χ4v) is 3.22. The molecule has 1 unspecified atom stereocenters. The van der Waals surface area contributed by atoms with Crippen LogP contribution in [-0.4, -0.2) is 12.1 Å². The van der Waals surface area contributed by atoms with Crippen LogP contribution in [0.1, 0.15) is 20.3 Å². The molecule has 0 amide bonds. The molecule has 0 bridgehead atoms. The van der Waals surface area contributed by atoms with E-state index in [4.69, 9.17) is 9.73 Å². The van der Waals surface area contributed by atoms with E-state index in [1.165, 1.54) is 5.39 Å². The van der Waals surface area contributed by atoms with Crippen LogP contribution in [0.5, 0.6) is 0 Å². The van der Waals surface area contributed by atoms with Gasteiger partial charge in [0.2, 0.25) is 0 Å². The maximum absolute atomic E-state index is 6.14. The molecule has 4 aromatic rings. The standard InChI is InChI=1S/C25H24N2O/c1-3-18(2)28-25(26-23-16-8-12-19-10-4-6-14-21(19)23)27-24-17-9-13-20-11-5-7-15-22(20)24/h4-18H,3H2,1-2H3,(H,26,27). The topological polar surface area (TPSA) is 33.6 Å². The third-order valence-electron chi connectivity index (χ3n) is 4.91. The van der Waals surface area contributed by atoms with Gasteiger partial charge in [-0.05, 0) is 36.2 Å². The monoisotopic (exact) mass is 368 g/mol. The number of rotatable bonds is 4. The smallest absolute Gasteiger partial charge is 0.294 e. The number of nitrogens with zero attached hydrogens (tertiary/aromatic N) is 1. The van der Waals surface area contributed by atoms with Crippen LogP contribution < -0.4 is 5.32 Å². The van der Waals surface area contributed by atoms with Crippen molar-refractivity contribution in [2.75, 3.05) is 5.32 Å². The lowest BCUT2D eigenvalue weighted by atomic mass is 10.1. The lowest BCUT2D eigenvalue weighted by Crippen LogP contribution is -2.21. The van der Waals surface area contributed by atoms with Gasteiger partial charge in [-0.2, -0.15) is 4.99 Å². The van der Waals surface area contributed by atoms with E-state index in [1.54, 1.807) is 0 Å². The van der Waals surface area contributed by atoms with Crippen molar-refractivity contribution >= 4 is 38.9 Å². The third kappa shape index (κ3) is 3.84. The number of fused-ring (bicyclic) bond motifs is 2. The Bertz CT molecular complexity index is 1120. The molecular formula is C25H24N2O. The molecule has 0 aliphatic carbocycles. The summed E-state index contributed by atoms with van der Waals surface area (Å²) in [6, 6.07) is 29.5. The lowest BCUT2D eigenvalue weighted by molar-refractivity contribution is 0.203. The van der Waals surface area contributed by atoms with Gasteiger partial charge in [0.25, 0.3) is 6.02 Å². The molecule has 140 valence electrons. The second-order valence-electron chi connectivity index (χ2n) is 6.90. The maximum Gasteiger partial charge on any atom is 0.294 e. The molecule has 4 aromatic carbocycles. The molecule has 1 atom stereocenters. The summed E-state index contributed by atoms with van der Waals surface area (Å²) in [5, 5.41) is 8.02. The highest BCUT2D eigenvalue weighted by Gasteiger charge is 2.10. The summed E-state index contributed by atoms with van der Waals surface area (Å²) in [7, 11) is 0. The van der Waals surface area contributed by atoms with Crippen molar-refractivity contribution in [3.63, 3.8) is 0 Å². The van der Waals surface area contributed by atoms with E-state index in [1.807, 2.05) is 42.5 Å². The predicted molar refractivity (Wildman–Crippen MR) is 119 cm³/mol. The van der Waals surface area contributed by atoms with Crippen LogP contribution in [0.4, 0.5) is 11.4 Å². The lowest BCUT2D eigenvalue weighted by Gasteiger charge is -2.17. The van der Waals surface area contributed by atoms with E-state index < -0.39 is 0 Å². The van der Waals surface area contributed by atoms with Gasteiger partial charge < -0.3 is 10.1 Å². The normalized spacial score (nSPS) is 12.9. The fourth-order valence-electron chi connectivity index (χ4n) is 3.22. The Morgan fingerprint density at radius 3 is 2.18 bits per heavy atom. The van der Waals surface area contributed by atoms with Crippen LogP contribution in [0.3, 0.4) is 0 Å². The van der Waals surface area contributed by atoms with Crippen molar-refractivity contribution in [3.8, 4) is 0 Å². The molecule has 28 heavy (non-hydrogen) atoms. The van der Waals surface area contributed by atoms with Crippen molar-refractivity contribution in [3.05, 3.63) is 84.9 Å². The first-order valence-corrected chi connectivity index (χ1v) is 9.72. The van der Waals surface area contributed by atoms with Gasteiger partial charge in [0, 0.05) is 10.8 Å². The van der Waals surface area contributed by atoms with Gasteiger partial charge in [0.1, 0.15) is 0 Å². The van der Waals surface area contributed by atoms with Crippen molar-refractivity contribution in [2.24, 2.45) is 4.99 Å². The van der Waals surface area contributed by atoms with Gasteiger partial charge in [0.05, 0.1) is 17.5 Å². The summed E-state index contributed by atoms with van der Waals surface area (Å²) >= 11 is 0. The minimum absolute atomic E-state index is 0.0659. The van der Waals surface area contributed by atoms with Crippen molar-refractivity contribution < 1.29 is 4.74 Å². The molecule has 0 aliphatic heterocycles. The van der Waals surface area contributed by atoms with Crippen LogP contribution in [0.25, 0.3) is 21.5 Å². The summed E-state index contributed by atoms with van der Waals surface area (Å²) in [5.74, 6) is 0. The van der Waals surface area contributed by atoms with Gasteiger partial charge in [-0.3, -0.25) is 0 Å². The minimum atomic E-state index is 0.0659. The number of hydrogen-bond acceptors (Lipinski definition) is 2. The summed E-state index contributed by atoms with van der Waals surface area (Å²) in [6.07, 6.45) is 0.974. The molecular weight excluding hydrogens is 344 g/mol. The number of ether oxygens (including phenoxy) is 1. The molecule has 3 nitrogen and oxygen atoms in total. The van der Waals surface area contributed by atoms with Crippen LogP contribution >= 0.6 is 0 Å². The van der Waals surface area contributed by atoms with Crippen molar-refractivity contribution in [1.29, 1.82) is 0 Å². The molecule has 0 saturated heterocycles. The highest BCUT2D eigenvalue weighted by Crippen LogP contribution is 2.27. The first-order valence-electron chi connectivity index (χ1n) is 9.72. The van der Waals surface area contributed by atoms with Gasteiger partial charge in [-0.1, -0.05) is 79.7 Å². The number of hydrogen-bond donors (Lipinski definition) is 1. The van der Waals surface area contributed by atoms with Gasteiger partial charge in [-0.25, -0.2) is 0 Å². The first kappa shape index (κ1) is 18.1. The van der Waals surface area contributed by atoms with E-state index in [0.717, 1.165) is 34.0 Å². The first-order chi connectivity index (χ1) is 13.7. The zero-order valence-electron chi connectivity index (χ0n) is 16.2. The quantitative estimate of drug-likeness (QED) is 0.314. The Morgan fingerprint density at radius 1 is 0.821 bits per heavy atom. The molecule has 0 radical (unpaired) electrons. The molecule has 3 heteroatoms. The van der Waals surface area contributed by atoms with Crippen LogP contribution in [-0.2, 0) is 4.74 Å². The summed E-state index contributed by atoms with van der Waals surface area (Å²) in [4.78, 5) is 4.86. The van der Waals surface area contributed by atoms with Crippen molar-refractivity contribution in [1.82, 2.24) is 0 Å². The van der Waals surface area contributed by atoms with E-state index in [-0.39, 0.29) is 6.10 Å². The van der Waals surface area contributed by atoms with E-state index >= 15 is 0 Å². The van der Waals surface area contributed by atoms with Crippen LogP contribution in [0.2, 0.25) is 0 Å². The SMILES string of the molecule is CCC(C)OC(=Nc1cccc2ccccc12)Nc1cccc2ccccc12. The maximum atomic E-state index is 6.14. The molecule has 4 rings (SSSR count). The van der Waals surface area contributed by atoms with Gasteiger partial charge in [-0.15, -0.1) is 0 Å². The average Bonchev–Trinajstić information content (AvgIpc) is 2.74. The Balaban J connectivity index is 1.77.